The molecule has 0 aliphatic carbocycles. The number of nitrogens with zero attached hydrogens (tertiary/aromatic N) is 1. The maximum absolute atomic E-state index is 5.21. The maximum Gasteiger partial charge on any atom is 0.137 e. The molecule has 0 radical (unpaired) electrons. The highest BCUT2D eigenvalue weighted by Crippen LogP contribution is 2.23. The van der Waals surface area contributed by atoms with Crippen molar-refractivity contribution in [2.24, 2.45) is 0 Å². The van der Waals surface area contributed by atoms with E-state index >= 15 is 0 Å². The minimum atomic E-state index is 0.334. The van der Waals surface area contributed by atoms with E-state index in [-0.39, 0.29) is 0 Å². The van der Waals surface area contributed by atoms with Crippen molar-refractivity contribution in [1.82, 2.24) is 10.5 Å². The average Bonchev–Trinajstić information content (AvgIpc) is 2.57. The molecule has 3 nitrogen and oxygen atoms in total. The topological polar surface area (TPSA) is 38.1 Å². The zero-order valence-electron chi connectivity index (χ0n) is 13.3. The minimum absolute atomic E-state index is 0.334. The molecule has 0 spiro atoms. The van der Waals surface area contributed by atoms with Crippen LogP contribution in [0.3, 0.4) is 0 Å². The summed E-state index contributed by atoms with van der Waals surface area (Å²) in [4.78, 5) is 0. The smallest absolute Gasteiger partial charge is 0.137 e. The molecule has 1 aromatic heterocycles. The number of hydrogen-bond acceptors (Lipinski definition) is 4. The third kappa shape index (κ3) is 6.00. The Balaban J connectivity index is 2.41. The van der Waals surface area contributed by atoms with Crippen molar-refractivity contribution in [3.63, 3.8) is 0 Å². The summed E-state index contributed by atoms with van der Waals surface area (Å²) in [7, 11) is 0. The van der Waals surface area contributed by atoms with Crippen LogP contribution in [0.4, 0.5) is 0 Å². The van der Waals surface area contributed by atoms with Gasteiger partial charge in [-0.2, -0.15) is 11.8 Å². The van der Waals surface area contributed by atoms with Gasteiger partial charge in [0.25, 0.3) is 0 Å². The van der Waals surface area contributed by atoms with Crippen LogP contribution in [-0.4, -0.2) is 27.7 Å². The van der Waals surface area contributed by atoms with Crippen molar-refractivity contribution < 1.29 is 4.52 Å². The van der Waals surface area contributed by atoms with Gasteiger partial charge in [0.2, 0.25) is 0 Å². The molecule has 0 amide bonds. The lowest BCUT2D eigenvalue weighted by Crippen LogP contribution is -2.38. The zero-order chi connectivity index (χ0) is 14.6. The van der Waals surface area contributed by atoms with Gasteiger partial charge in [0.05, 0.1) is 5.69 Å². The molecule has 4 heteroatoms. The summed E-state index contributed by atoms with van der Waals surface area (Å²) in [6, 6.07) is 0.951. The van der Waals surface area contributed by atoms with Crippen LogP contribution in [0.25, 0.3) is 0 Å². The van der Waals surface area contributed by atoms with Crippen LogP contribution < -0.4 is 5.32 Å². The largest absolute Gasteiger partial charge is 0.361 e. The molecule has 1 rings (SSSR count). The molecule has 0 saturated carbocycles. The van der Waals surface area contributed by atoms with Crippen molar-refractivity contribution >= 4 is 11.8 Å². The second-order valence-corrected chi connectivity index (χ2v) is 8.25. The lowest BCUT2D eigenvalue weighted by Gasteiger charge is -2.24. The number of aromatic nitrogens is 1. The summed E-state index contributed by atoms with van der Waals surface area (Å²) in [5, 5.41) is 7.66. The van der Waals surface area contributed by atoms with Gasteiger partial charge in [-0.1, -0.05) is 25.9 Å². The van der Waals surface area contributed by atoms with E-state index in [1.807, 2.05) is 25.6 Å². The number of aryl methyl sites for hydroxylation is 2. The molecule has 0 fully saturated rings. The molecule has 1 heterocycles. The summed E-state index contributed by atoms with van der Waals surface area (Å²) in [5.41, 5.74) is 2.26. The second kappa shape index (κ2) is 6.80. The molecule has 110 valence electrons. The predicted octanol–water partition coefficient (Wildman–Crippen LogP) is 3.73. The van der Waals surface area contributed by atoms with E-state index < -0.39 is 0 Å². The molecular weight excluding hydrogens is 256 g/mol. The number of thioether (sulfide) groups is 1. The molecule has 1 N–H and O–H groups in total. The Morgan fingerprint density at radius 2 is 1.84 bits per heavy atom. The highest BCUT2D eigenvalue weighted by atomic mass is 32.2. The lowest BCUT2D eigenvalue weighted by atomic mass is 10.1. The zero-order valence-corrected chi connectivity index (χ0v) is 14.1. The van der Waals surface area contributed by atoms with Gasteiger partial charge in [-0.25, -0.2) is 0 Å². The van der Waals surface area contributed by atoms with Crippen molar-refractivity contribution in [2.75, 3.05) is 5.75 Å². The monoisotopic (exact) mass is 284 g/mol. The first kappa shape index (κ1) is 16.6. The van der Waals surface area contributed by atoms with Gasteiger partial charge in [0, 0.05) is 28.1 Å². The molecule has 0 aliphatic rings. The van der Waals surface area contributed by atoms with Gasteiger partial charge in [0.1, 0.15) is 5.76 Å². The summed E-state index contributed by atoms with van der Waals surface area (Å²) >= 11 is 2.00. The SMILES string of the molecule is Cc1noc(C)c1C[C@H](C)N[C@@H](C)CSC(C)(C)C. The summed E-state index contributed by atoms with van der Waals surface area (Å²) in [5.74, 6) is 2.08. The predicted molar refractivity (Wildman–Crippen MR) is 84.0 cm³/mol. The van der Waals surface area contributed by atoms with Crippen LogP contribution in [0, 0.1) is 13.8 Å². The molecule has 0 bridgehead atoms. The van der Waals surface area contributed by atoms with Crippen LogP contribution in [0.2, 0.25) is 0 Å². The Kier molecular flexibility index (Phi) is 5.93. The van der Waals surface area contributed by atoms with Crippen LogP contribution >= 0.6 is 11.8 Å². The van der Waals surface area contributed by atoms with Crippen LogP contribution in [-0.2, 0) is 6.42 Å². The van der Waals surface area contributed by atoms with Gasteiger partial charge < -0.3 is 9.84 Å². The molecule has 0 saturated heterocycles. The Morgan fingerprint density at radius 3 is 2.32 bits per heavy atom. The fourth-order valence-electron chi connectivity index (χ4n) is 2.07. The number of rotatable bonds is 6. The van der Waals surface area contributed by atoms with Crippen LogP contribution in [0.15, 0.2) is 4.52 Å². The summed E-state index contributed by atoms with van der Waals surface area (Å²) in [6.07, 6.45) is 0.978. The Hall–Kier alpha value is -0.480. The first-order valence-corrected chi connectivity index (χ1v) is 7.99. The van der Waals surface area contributed by atoms with E-state index in [0.717, 1.165) is 23.6 Å². The molecule has 0 unspecified atom stereocenters. The van der Waals surface area contributed by atoms with E-state index in [4.69, 9.17) is 4.52 Å². The number of nitrogens with one attached hydrogen (secondary N) is 1. The minimum Gasteiger partial charge on any atom is -0.361 e. The Morgan fingerprint density at radius 1 is 1.21 bits per heavy atom. The van der Waals surface area contributed by atoms with Crippen molar-refractivity contribution in [1.29, 1.82) is 0 Å². The van der Waals surface area contributed by atoms with Gasteiger partial charge in [-0.15, -0.1) is 0 Å². The quantitative estimate of drug-likeness (QED) is 0.864. The molecule has 0 aromatic carbocycles. The molecule has 1 aromatic rings. The van der Waals surface area contributed by atoms with E-state index in [1.165, 1.54) is 5.56 Å². The summed E-state index contributed by atoms with van der Waals surface area (Å²) < 4.78 is 5.55. The van der Waals surface area contributed by atoms with Gasteiger partial charge in [-0.3, -0.25) is 0 Å². The summed E-state index contributed by atoms with van der Waals surface area (Å²) in [6.45, 7) is 15.3. The second-order valence-electron chi connectivity index (χ2n) is 6.40. The first-order valence-electron chi connectivity index (χ1n) is 7.01. The third-order valence-electron chi connectivity index (χ3n) is 3.03. The van der Waals surface area contributed by atoms with Crippen molar-refractivity contribution in [2.45, 2.75) is 71.7 Å². The molecular formula is C15H28N2OS. The fraction of sp³-hybridized carbons (Fsp3) is 0.800. The van der Waals surface area contributed by atoms with Gasteiger partial charge in [0.15, 0.2) is 0 Å². The standard InChI is InChI=1S/C15H28N2OS/c1-10(8-14-12(3)17-18-13(14)4)16-11(2)9-19-15(5,6)7/h10-11,16H,8-9H2,1-7H3/t10-,11-/m0/s1. The average molecular weight is 284 g/mol. The molecule has 2 atom stereocenters. The highest BCUT2D eigenvalue weighted by Gasteiger charge is 2.16. The lowest BCUT2D eigenvalue weighted by molar-refractivity contribution is 0.391. The molecule has 0 aliphatic heterocycles. The molecule has 19 heavy (non-hydrogen) atoms. The maximum atomic E-state index is 5.21. The third-order valence-corrected chi connectivity index (χ3v) is 4.56. The van der Waals surface area contributed by atoms with E-state index in [0.29, 0.717) is 16.8 Å². The van der Waals surface area contributed by atoms with Crippen molar-refractivity contribution in [3.8, 4) is 0 Å². The van der Waals surface area contributed by atoms with Crippen molar-refractivity contribution in [3.05, 3.63) is 17.0 Å². The number of hydrogen-bond donors (Lipinski definition) is 1. The highest BCUT2D eigenvalue weighted by molar-refractivity contribution is 8.00. The van der Waals surface area contributed by atoms with Crippen LogP contribution in [0.5, 0.6) is 0 Å². The van der Waals surface area contributed by atoms with Gasteiger partial charge in [-0.05, 0) is 34.1 Å². The van der Waals surface area contributed by atoms with E-state index in [9.17, 15) is 0 Å². The van der Waals surface area contributed by atoms with E-state index in [1.54, 1.807) is 0 Å². The fourth-order valence-corrected chi connectivity index (χ4v) is 2.91. The Bertz CT molecular complexity index is 376. The van der Waals surface area contributed by atoms with Crippen LogP contribution in [0.1, 0.15) is 51.6 Å². The normalized spacial score (nSPS) is 15.5. The van der Waals surface area contributed by atoms with E-state index in [2.05, 4.69) is 45.1 Å². The first-order chi connectivity index (χ1) is 8.69. The Labute approximate surface area is 121 Å². The van der Waals surface area contributed by atoms with Gasteiger partial charge >= 0.3 is 0 Å².